The first kappa shape index (κ1) is 18.7. The summed E-state index contributed by atoms with van der Waals surface area (Å²) in [5, 5.41) is 24.4. The average molecular weight is 405 g/mol. The molecule has 0 bridgehead atoms. The number of rotatable bonds is 5. The van der Waals surface area contributed by atoms with Gasteiger partial charge < -0.3 is 10.4 Å². The molecule has 0 unspecified atom stereocenters. The zero-order chi connectivity index (χ0) is 19.6. The van der Waals surface area contributed by atoms with Crippen molar-refractivity contribution in [2.45, 2.75) is 9.79 Å². The number of nitro benzene ring substituents is 1. The highest BCUT2D eigenvalue weighted by atomic mass is 35.5. The van der Waals surface area contributed by atoms with Gasteiger partial charge >= 0.3 is 0 Å². The molecular formula is C18H13ClN2O5S. The summed E-state index contributed by atoms with van der Waals surface area (Å²) in [4.78, 5) is 10.2. The predicted molar refractivity (Wildman–Crippen MR) is 101 cm³/mol. The van der Waals surface area contributed by atoms with Crippen LogP contribution in [0.5, 0.6) is 5.75 Å². The van der Waals surface area contributed by atoms with Crippen LogP contribution in [0.15, 0.2) is 76.5 Å². The number of nitrogens with one attached hydrogen (secondary N) is 1. The molecule has 9 heteroatoms. The maximum Gasteiger partial charge on any atom is 0.292 e. The smallest absolute Gasteiger partial charge is 0.292 e. The number of sulfone groups is 1. The van der Waals surface area contributed by atoms with Gasteiger partial charge in [0.2, 0.25) is 9.84 Å². The molecule has 0 aliphatic rings. The van der Waals surface area contributed by atoms with E-state index in [1.165, 1.54) is 60.7 Å². The number of phenols is 1. The van der Waals surface area contributed by atoms with Crippen molar-refractivity contribution in [3.63, 3.8) is 0 Å². The Labute approximate surface area is 159 Å². The van der Waals surface area contributed by atoms with E-state index in [0.29, 0.717) is 5.02 Å². The molecule has 0 spiro atoms. The predicted octanol–water partition coefficient (Wildman–Crippen LogP) is 4.53. The Hall–Kier alpha value is -3.10. The van der Waals surface area contributed by atoms with Gasteiger partial charge in [-0.25, -0.2) is 8.42 Å². The standard InChI is InChI=1S/C18H13ClN2O5S/c19-12-5-8-14(9-6-12)27(25,26)18-11-13(7-10-17(18)22)20-15-3-1-2-4-16(15)21(23)24/h1-11,20,22H. The van der Waals surface area contributed by atoms with Crippen LogP contribution in [0, 0.1) is 10.1 Å². The van der Waals surface area contributed by atoms with Crippen LogP contribution in [0.4, 0.5) is 17.1 Å². The fourth-order valence-corrected chi connectivity index (χ4v) is 3.94. The third-order valence-electron chi connectivity index (χ3n) is 3.75. The number of aromatic hydroxyl groups is 1. The van der Waals surface area contributed by atoms with Gasteiger partial charge in [-0.1, -0.05) is 23.7 Å². The Kier molecular flexibility index (Phi) is 5.02. The molecule has 3 aromatic carbocycles. The molecule has 0 atom stereocenters. The van der Waals surface area contributed by atoms with Crippen LogP contribution < -0.4 is 5.32 Å². The minimum absolute atomic E-state index is 0.0370. The highest BCUT2D eigenvalue weighted by Gasteiger charge is 2.22. The first-order chi connectivity index (χ1) is 12.8. The number of para-hydroxylation sites is 2. The molecule has 0 heterocycles. The van der Waals surface area contributed by atoms with E-state index < -0.39 is 20.5 Å². The zero-order valence-electron chi connectivity index (χ0n) is 13.7. The molecule has 27 heavy (non-hydrogen) atoms. The van der Waals surface area contributed by atoms with Crippen LogP contribution in [0.3, 0.4) is 0 Å². The number of nitrogens with zero attached hydrogens (tertiary/aromatic N) is 1. The van der Waals surface area contributed by atoms with Crippen molar-refractivity contribution in [3.05, 3.63) is 81.9 Å². The number of hydrogen-bond acceptors (Lipinski definition) is 6. The van der Waals surface area contributed by atoms with Crippen molar-refractivity contribution in [1.82, 2.24) is 0 Å². The van der Waals surface area contributed by atoms with Crippen LogP contribution in [-0.4, -0.2) is 18.4 Å². The molecule has 0 radical (unpaired) electrons. The van der Waals surface area contributed by atoms with Crippen LogP contribution >= 0.6 is 11.6 Å². The summed E-state index contributed by atoms with van der Waals surface area (Å²) in [5.74, 6) is -0.432. The topological polar surface area (TPSA) is 110 Å². The van der Waals surface area contributed by atoms with Crippen molar-refractivity contribution in [2.24, 2.45) is 0 Å². The van der Waals surface area contributed by atoms with Crippen molar-refractivity contribution in [2.75, 3.05) is 5.32 Å². The van der Waals surface area contributed by atoms with Gasteiger partial charge in [-0.3, -0.25) is 10.1 Å². The van der Waals surface area contributed by atoms with Gasteiger partial charge in [0.1, 0.15) is 16.3 Å². The third kappa shape index (κ3) is 3.86. The second-order valence-electron chi connectivity index (χ2n) is 5.54. The Morgan fingerprint density at radius 2 is 1.67 bits per heavy atom. The second-order valence-corrected chi connectivity index (χ2v) is 7.89. The largest absolute Gasteiger partial charge is 0.507 e. The van der Waals surface area contributed by atoms with Crippen molar-refractivity contribution >= 4 is 38.5 Å². The normalized spacial score (nSPS) is 11.1. The van der Waals surface area contributed by atoms with E-state index in [1.54, 1.807) is 6.07 Å². The Balaban J connectivity index is 2.03. The van der Waals surface area contributed by atoms with Gasteiger partial charge in [-0.2, -0.15) is 0 Å². The minimum Gasteiger partial charge on any atom is -0.507 e. The molecule has 0 saturated carbocycles. The molecule has 0 saturated heterocycles. The van der Waals surface area contributed by atoms with Crippen LogP contribution in [-0.2, 0) is 9.84 Å². The molecule has 138 valence electrons. The van der Waals surface area contributed by atoms with E-state index >= 15 is 0 Å². The van der Waals surface area contributed by atoms with E-state index in [4.69, 9.17) is 11.6 Å². The van der Waals surface area contributed by atoms with Gasteiger partial charge in [-0.15, -0.1) is 0 Å². The SMILES string of the molecule is O=[N+]([O-])c1ccccc1Nc1ccc(O)c(S(=O)(=O)c2ccc(Cl)cc2)c1. The van der Waals surface area contributed by atoms with E-state index in [1.807, 2.05) is 0 Å². The lowest BCUT2D eigenvalue weighted by Gasteiger charge is -2.11. The average Bonchev–Trinajstić information content (AvgIpc) is 2.64. The lowest BCUT2D eigenvalue weighted by molar-refractivity contribution is -0.383. The quantitative estimate of drug-likeness (QED) is 0.367. The van der Waals surface area contributed by atoms with E-state index in [-0.39, 0.29) is 26.9 Å². The van der Waals surface area contributed by atoms with Gasteiger partial charge in [-0.05, 0) is 48.5 Å². The van der Waals surface area contributed by atoms with Crippen LogP contribution in [0.1, 0.15) is 0 Å². The molecule has 7 nitrogen and oxygen atoms in total. The summed E-state index contributed by atoms with van der Waals surface area (Å²) in [6, 6.07) is 15.3. The van der Waals surface area contributed by atoms with E-state index in [9.17, 15) is 23.6 Å². The van der Waals surface area contributed by atoms with Crippen LogP contribution in [0.2, 0.25) is 5.02 Å². The number of phenolic OH excluding ortho intramolecular Hbond substituents is 1. The molecule has 0 aliphatic carbocycles. The van der Waals surface area contributed by atoms with E-state index in [2.05, 4.69) is 5.32 Å². The summed E-state index contributed by atoms with van der Waals surface area (Å²) < 4.78 is 25.6. The van der Waals surface area contributed by atoms with Gasteiger partial charge in [0, 0.05) is 16.8 Å². The Bertz CT molecular complexity index is 1110. The highest BCUT2D eigenvalue weighted by Crippen LogP contribution is 2.34. The van der Waals surface area contributed by atoms with E-state index in [0.717, 1.165) is 0 Å². The molecule has 2 N–H and O–H groups in total. The lowest BCUT2D eigenvalue weighted by atomic mass is 10.2. The van der Waals surface area contributed by atoms with Gasteiger partial charge in [0.15, 0.2) is 0 Å². The first-order valence-corrected chi connectivity index (χ1v) is 9.49. The van der Waals surface area contributed by atoms with Gasteiger partial charge in [0.05, 0.1) is 9.82 Å². The summed E-state index contributed by atoms with van der Waals surface area (Å²) in [5.41, 5.74) is 0.311. The Morgan fingerprint density at radius 1 is 1.00 bits per heavy atom. The van der Waals surface area contributed by atoms with Crippen molar-refractivity contribution in [1.29, 1.82) is 0 Å². The number of hydrogen-bond donors (Lipinski definition) is 2. The van der Waals surface area contributed by atoms with Crippen molar-refractivity contribution < 1.29 is 18.4 Å². The molecule has 3 aromatic rings. The molecule has 0 aromatic heterocycles. The van der Waals surface area contributed by atoms with Gasteiger partial charge in [0.25, 0.3) is 5.69 Å². The summed E-state index contributed by atoms with van der Waals surface area (Å²) >= 11 is 5.79. The minimum atomic E-state index is -4.01. The molecule has 0 fully saturated rings. The molecule has 3 rings (SSSR count). The lowest BCUT2D eigenvalue weighted by Crippen LogP contribution is -2.03. The Morgan fingerprint density at radius 3 is 2.33 bits per heavy atom. The monoisotopic (exact) mass is 404 g/mol. The molecular weight excluding hydrogens is 392 g/mol. The maximum atomic E-state index is 12.8. The number of halogens is 1. The van der Waals surface area contributed by atoms with Crippen LogP contribution in [0.25, 0.3) is 0 Å². The summed E-state index contributed by atoms with van der Waals surface area (Å²) in [7, 11) is -4.01. The molecule has 0 amide bonds. The molecule has 0 aliphatic heterocycles. The summed E-state index contributed by atoms with van der Waals surface area (Å²) in [6.07, 6.45) is 0. The highest BCUT2D eigenvalue weighted by molar-refractivity contribution is 7.91. The third-order valence-corrected chi connectivity index (χ3v) is 5.80. The second kappa shape index (κ2) is 7.26. The summed E-state index contributed by atoms with van der Waals surface area (Å²) in [6.45, 7) is 0. The fourth-order valence-electron chi connectivity index (χ4n) is 2.44. The first-order valence-electron chi connectivity index (χ1n) is 7.63. The van der Waals surface area contributed by atoms with Crippen molar-refractivity contribution in [3.8, 4) is 5.75 Å². The number of benzene rings is 3. The fraction of sp³-hybridized carbons (Fsp3) is 0. The maximum absolute atomic E-state index is 12.8. The number of anilines is 2. The zero-order valence-corrected chi connectivity index (χ0v) is 15.2. The number of nitro groups is 1.